The van der Waals surface area contributed by atoms with E-state index >= 15 is 0 Å². The first-order chi connectivity index (χ1) is 10.3. The standard InChI is InChI=1S/C14H19NO6S2.K.H/c1-10-14(2,3)12-9-11(23(19,20)21)5-6-13(12)15(10)7-4-8-22(16,17)18;;/h5-6,9H,4,7-8H2,1-3H3,(H-,16,17,18,19,20,21);;/q;+1;-1/p+1. The summed E-state index contributed by atoms with van der Waals surface area (Å²) in [4.78, 5) is -0.170. The van der Waals surface area contributed by atoms with E-state index in [1.165, 1.54) is 12.1 Å². The Morgan fingerprint density at radius 3 is 2.25 bits per heavy atom. The van der Waals surface area contributed by atoms with Crippen LogP contribution in [0.4, 0.5) is 5.69 Å². The van der Waals surface area contributed by atoms with Gasteiger partial charge in [0.1, 0.15) is 6.54 Å². The van der Waals surface area contributed by atoms with Gasteiger partial charge in [-0.05, 0) is 26.0 Å². The number of hydrogen-bond acceptors (Lipinski definition) is 4. The third-order valence-electron chi connectivity index (χ3n) is 4.32. The van der Waals surface area contributed by atoms with Crippen molar-refractivity contribution >= 4 is 31.6 Å². The average molecular weight is 403 g/mol. The van der Waals surface area contributed by atoms with Crippen LogP contribution in [-0.4, -0.2) is 48.5 Å². The molecule has 2 rings (SSSR count). The molecule has 0 fully saturated rings. The Bertz CT molecular complexity index is 894. The van der Waals surface area contributed by atoms with Crippen LogP contribution in [0.5, 0.6) is 0 Å². The van der Waals surface area contributed by atoms with Gasteiger partial charge in [-0.1, -0.05) is 0 Å². The fourth-order valence-corrected chi connectivity index (χ4v) is 3.82. The minimum atomic E-state index is -4.29. The van der Waals surface area contributed by atoms with Gasteiger partial charge in [0.15, 0.2) is 5.71 Å². The third kappa shape index (κ3) is 4.74. The van der Waals surface area contributed by atoms with Crippen LogP contribution in [-0.2, 0) is 25.7 Å². The summed E-state index contributed by atoms with van der Waals surface area (Å²) in [5, 5.41) is 0. The maximum Gasteiger partial charge on any atom is 1.00 e. The molecular weight excluding hydrogens is 381 g/mol. The Labute approximate surface area is 186 Å². The van der Waals surface area contributed by atoms with E-state index in [-0.39, 0.29) is 69.9 Å². The summed E-state index contributed by atoms with van der Waals surface area (Å²) in [6.45, 7) is 6.13. The summed E-state index contributed by atoms with van der Waals surface area (Å²) in [5.74, 6) is -0.338. The van der Waals surface area contributed by atoms with E-state index in [1.807, 2.05) is 25.3 Å². The van der Waals surface area contributed by atoms with Crippen molar-refractivity contribution < 1.29 is 83.3 Å². The predicted octanol–water partition coefficient (Wildman–Crippen LogP) is -1.28. The molecule has 0 saturated carbocycles. The Balaban J connectivity index is 0.00000288. The average Bonchev–Trinajstić information content (AvgIpc) is 2.57. The van der Waals surface area contributed by atoms with E-state index in [4.69, 9.17) is 4.55 Å². The summed E-state index contributed by atoms with van der Waals surface area (Å²) in [7, 11) is -8.30. The molecule has 0 amide bonds. The third-order valence-corrected chi connectivity index (χ3v) is 5.98. The molecule has 10 heteroatoms. The number of hydrogen-bond donors (Lipinski definition) is 2. The molecule has 1 aromatic carbocycles. The summed E-state index contributed by atoms with van der Waals surface area (Å²) in [5.41, 5.74) is 2.01. The van der Waals surface area contributed by atoms with Crippen molar-refractivity contribution in [2.45, 2.75) is 37.5 Å². The molecule has 0 spiro atoms. The van der Waals surface area contributed by atoms with Gasteiger partial charge in [0.2, 0.25) is 5.69 Å². The molecule has 0 bridgehead atoms. The van der Waals surface area contributed by atoms with Gasteiger partial charge in [0.05, 0.1) is 16.1 Å². The normalized spacial score (nSPS) is 16.7. The molecule has 0 saturated heterocycles. The number of benzene rings is 1. The van der Waals surface area contributed by atoms with E-state index in [0.29, 0.717) is 6.54 Å². The largest absolute Gasteiger partial charge is 1.00 e. The fourth-order valence-electron chi connectivity index (χ4n) is 2.82. The smallest absolute Gasteiger partial charge is 1.00 e. The first-order valence-corrected chi connectivity index (χ1v) is 10.1. The predicted molar refractivity (Wildman–Crippen MR) is 86.9 cm³/mol. The van der Waals surface area contributed by atoms with Crippen LogP contribution in [0, 0.1) is 0 Å². The number of rotatable bonds is 5. The van der Waals surface area contributed by atoms with Crippen LogP contribution in [0.3, 0.4) is 0 Å². The zero-order valence-corrected chi connectivity index (χ0v) is 18.9. The molecule has 130 valence electrons. The van der Waals surface area contributed by atoms with E-state index in [1.54, 1.807) is 6.07 Å². The molecule has 7 nitrogen and oxygen atoms in total. The minimum Gasteiger partial charge on any atom is -1.00 e. The van der Waals surface area contributed by atoms with Crippen molar-refractivity contribution in [3.8, 4) is 0 Å². The second-order valence-electron chi connectivity index (χ2n) is 6.16. The number of nitrogens with zero attached hydrogens (tertiary/aromatic N) is 1. The summed E-state index contributed by atoms with van der Waals surface area (Å²) < 4.78 is 64.3. The van der Waals surface area contributed by atoms with Crippen molar-refractivity contribution in [1.82, 2.24) is 0 Å². The van der Waals surface area contributed by atoms with Gasteiger partial charge in [-0.25, -0.2) is 0 Å². The molecule has 1 heterocycles. The maximum atomic E-state index is 11.3. The molecule has 0 radical (unpaired) electrons. The van der Waals surface area contributed by atoms with E-state index < -0.39 is 25.7 Å². The Hall–Kier alpha value is 0.346. The Morgan fingerprint density at radius 2 is 1.75 bits per heavy atom. The molecule has 1 aliphatic heterocycles. The van der Waals surface area contributed by atoms with Crippen molar-refractivity contribution in [2.75, 3.05) is 12.3 Å². The Morgan fingerprint density at radius 1 is 1.17 bits per heavy atom. The van der Waals surface area contributed by atoms with E-state index in [9.17, 15) is 21.4 Å². The van der Waals surface area contributed by atoms with Gasteiger partial charge < -0.3 is 1.43 Å². The van der Waals surface area contributed by atoms with Crippen LogP contribution < -0.4 is 51.4 Å². The molecule has 1 aliphatic rings. The van der Waals surface area contributed by atoms with E-state index in [0.717, 1.165) is 17.0 Å². The first-order valence-electron chi connectivity index (χ1n) is 7.03. The zero-order chi connectivity index (χ0) is 17.6. The second-order valence-corrected chi connectivity index (χ2v) is 9.15. The quantitative estimate of drug-likeness (QED) is 0.361. The molecule has 1 aromatic rings. The van der Waals surface area contributed by atoms with Crippen molar-refractivity contribution in [1.29, 1.82) is 0 Å². The van der Waals surface area contributed by atoms with Crippen molar-refractivity contribution in [2.24, 2.45) is 0 Å². The van der Waals surface area contributed by atoms with Gasteiger partial charge in [0.25, 0.3) is 20.2 Å². The van der Waals surface area contributed by atoms with Crippen LogP contribution in [0.15, 0.2) is 23.1 Å². The summed E-state index contributed by atoms with van der Waals surface area (Å²) in [6.07, 6.45) is 0.242. The molecular formula is C14H21KNO6S2+. The van der Waals surface area contributed by atoms with Crippen LogP contribution in [0.2, 0.25) is 0 Å². The minimum absolute atomic E-state index is 0. The zero-order valence-electron chi connectivity index (χ0n) is 15.1. The maximum absolute atomic E-state index is 11.3. The molecule has 2 N–H and O–H groups in total. The molecule has 0 aliphatic carbocycles. The monoisotopic (exact) mass is 402 g/mol. The Kier molecular flexibility index (Phi) is 7.02. The molecule has 0 aromatic heterocycles. The number of fused-ring (bicyclic) bond motifs is 1. The van der Waals surface area contributed by atoms with Gasteiger partial charge >= 0.3 is 51.4 Å². The fraction of sp³-hybridized carbons (Fsp3) is 0.500. The van der Waals surface area contributed by atoms with E-state index in [2.05, 4.69) is 0 Å². The summed E-state index contributed by atoms with van der Waals surface area (Å²) in [6, 6.07) is 4.36. The van der Waals surface area contributed by atoms with Crippen molar-refractivity contribution in [3.63, 3.8) is 0 Å². The van der Waals surface area contributed by atoms with Gasteiger partial charge in [0, 0.05) is 25.0 Å². The van der Waals surface area contributed by atoms with Gasteiger partial charge in [-0.3, -0.25) is 9.11 Å². The SMILES string of the molecule is CC1=[N+](CCCS(=O)(=O)O)c2ccc(S(=O)(=O)O)cc2C1(C)C.[H-].[K+]. The molecule has 24 heavy (non-hydrogen) atoms. The van der Waals surface area contributed by atoms with Crippen LogP contribution >= 0.6 is 0 Å². The molecule has 0 unspecified atom stereocenters. The van der Waals surface area contributed by atoms with Crippen LogP contribution in [0.25, 0.3) is 0 Å². The van der Waals surface area contributed by atoms with Gasteiger partial charge in [-0.15, -0.1) is 0 Å². The topological polar surface area (TPSA) is 112 Å². The van der Waals surface area contributed by atoms with Gasteiger partial charge in [-0.2, -0.15) is 21.4 Å². The summed E-state index contributed by atoms with van der Waals surface area (Å²) >= 11 is 0. The van der Waals surface area contributed by atoms with Crippen molar-refractivity contribution in [3.05, 3.63) is 23.8 Å². The molecule has 0 atom stereocenters. The first kappa shape index (κ1) is 22.4. The second kappa shape index (κ2) is 7.53. The van der Waals surface area contributed by atoms with Crippen LogP contribution in [0.1, 0.15) is 34.2 Å².